The van der Waals surface area contributed by atoms with Crippen LogP contribution in [-0.2, 0) is 9.53 Å². The van der Waals surface area contributed by atoms with Crippen molar-refractivity contribution in [2.75, 3.05) is 13.7 Å². The number of hydrogen-bond acceptors (Lipinski definition) is 4. The summed E-state index contributed by atoms with van der Waals surface area (Å²) < 4.78 is 4.87. The van der Waals surface area contributed by atoms with Gasteiger partial charge >= 0.3 is 12.0 Å². The van der Waals surface area contributed by atoms with Crippen LogP contribution in [0.15, 0.2) is 0 Å². The second-order valence-corrected chi connectivity index (χ2v) is 5.20. The topological polar surface area (TPSA) is 114 Å². The number of rotatable bonds is 7. The maximum Gasteiger partial charge on any atom is 0.326 e. The first-order valence-corrected chi connectivity index (χ1v) is 7.09. The van der Waals surface area contributed by atoms with Crippen molar-refractivity contribution < 1.29 is 19.4 Å². The lowest BCUT2D eigenvalue weighted by molar-refractivity contribution is -0.139. The summed E-state index contributed by atoms with van der Waals surface area (Å²) in [5.74, 6) is -1.04. The highest BCUT2D eigenvalue weighted by Gasteiger charge is 2.25. The number of aliphatic carboxylic acids is 1. The van der Waals surface area contributed by atoms with Crippen molar-refractivity contribution in [3.63, 3.8) is 0 Å². The third-order valence-electron chi connectivity index (χ3n) is 3.58. The lowest BCUT2D eigenvalue weighted by Gasteiger charge is -2.29. The van der Waals surface area contributed by atoms with Crippen LogP contribution < -0.4 is 16.4 Å². The fourth-order valence-electron chi connectivity index (χ4n) is 2.40. The molecule has 5 N–H and O–H groups in total. The molecule has 0 radical (unpaired) electrons. The standard InChI is InChI=1S/C13H25N3O4/c1-20-8-4-7-11(12(17)18)16-13(19)15-10-6-3-2-5-9(10)14/h9-11H,2-8,14H2,1H3,(H,17,18)(H2,15,16,19). The first-order valence-electron chi connectivity index (χ1n) is 7.09. The monoisotopic (exact) mass is 287 g/mol. The van der Waals surface area contributed by atoms with Gasteiger partial charge in [0.15, 0.2) is 0 Å². The summed E-state index contributed by atoms with van der Waals surface area (Å²) in [6.45, 7) is 0.473. The molecule has 0 aliphatic heterocycles. The first kappa shape index (κ1) is 16.7. The van der Waals surface area contributed by atoms with E-state index in [2.05, 4.69) is 10.6 Å². The summed E-state index contributed by atoms with van der Waals surface area (Å²) >= 11 is 0. The minimum absolute atomic E-state index is 0.0498. The van der Waals surface area contributed by atoms with E-state index < -0.39 is 18.0 Å². The number of urea groups is 1. The molecule has 3 unspecified atom stereocenters. The predicted octanol–water partition coefficient (Wildman–Crippen LogP) is 0.435. The number of carboxylic acids is 1. The average molecular weight is 287 g/mol. The minimum atomic E-state index is -1.04. The molecule has 0 bridgehead atoms. The average Bonchev–Trinajstić information content (AvgIpc) is 2.40. The molecule has 1 fully saturated rings. The normalized spacial score (nSPS) is 23.9. The fraction of sp³-hybridized carbons (Fsp3) is 0.846. The molecule has 116 valence electrons. The molecule has 1 saturated carbocycles. The Morgan fingerprint density at radius 2 is 2.10 bits per heavy atom. The van der Waals surface area contributed by atoms with Crippen molar-refractivity contribution >= 4 is 12.0 Å². The number of carboxylic acid groups (broad SMARTS) is 1. The van der Waals surface area contributed by atoms with E-state index in [0.29, 0.717) is 19.4 Å². The lowest BCUT2D eigenvalue weighted by Crippen LogP contribution is -2.54. The van der Waals surface area contributed by atoms with Crippen LogP contribution in [0.3, 0.4) is 0 Å². The number of nitrogens with one attached hydrogen (secondary N) is 2. The highest BCUT2D eigenvalue weighted by molar-refractivity contribution is 5.82. The molecule has 0 aromatic carbocycles. The Labute approximate surface area is 119 Å². The van der Waals surface area contributed by atoms with E-state index in [-0.39, 0.29) is 12.1 Å². The van der Waals surface area contributed by atoms with Crippen molar-refractivity contribution in [2.45, 2.75) is 56.7 Å². The van der Waals surface area contributed by atoms with E-state index in [1.54, 1.807) is 7.11 Å². The van der Waals surface area contributed by atoms with Gasteiger partial charge in [0.2, 0.25) is 0 Å². The smallest absolute Gasteiger partial charge is 0.326 e. The van der Waals surface area contributed by atoms with Gasteiger partial charge in [-0.05, 0) is 25.7 Å². The molecule has 7 nitrogen and oxygen atoms in total. The molecule has 1 rings (SSSR count). The summed E-state index contributed by atoms with van der Waals surface area (Å²) in [5.41, 5.74) is 5.94. The first-order chi connectivity index (χ1) is 9.54. The SMILES string of the molecule is COCCCC(NC(=O)NC1CCCCC1N)C(=O)O. The van der Waals surface area contributed by atoms with Crippen LogP contribution in [0.5, 0.6) is 0 Å². The Bertz CT molecular complexity index is 325. The summed E-state index contributed by atoms with van der Waals surface area (Å²) in [6.07, 6.45) is 4.77. The maximum absolute atomic E-state index is 11.8. The Morgan fingerprint density at radius 1 is 1.40 bits per heavy atom. The van der Waals surface area contributed by atoms with E-state index >= 15 is 0 Å². The van der Waals surface area contributed by atoms with Gasteiger partial charge in [-0.3, -0.25) is 0 Å². The van der Waals surface area contributed by atoms with Gasteiger partial charge in [-0.15, -0.1) is 0 Å². The van der Waals surface area contributed by atoms with Gasteiger partial charge in [-0.25, -0.2) is 9.59 Å². The molecule has 0 heterocycles. The Morgan fingerprint density at radius 3 is 2.70 bits per heavy atom. The van der Waals surface area contributed by atoms with E-state index in [9.17, 15) is 9.59 Å². The van der Waals surface area contributed by atoms with Crippen LogP contribution in [-0.4, -0.2) is 48.9 Å². The molecule has 1 aliphatic carbocycles. The molecule has 3 atom stereocenters. The number of methoxy groups -OCH3 is 1. The van der Waals surface area contributed by atoms with E-state index in [0.717, 1.165) is 25.7 Å². The van der Waals surface area contributed by atoms with Crippen molar-refractivity contribution in [3.05, 3.63) is 0 Å². The molecule has 0 spiro atoms. The Hall–Kier alpha value is -1.34. The third-order valence-corrected chi connectivity index (χ3v) is 3.58. The summed E-state index contributed by atoms with van der Waals surface area (Å²) in [4.78, 5) is 22.9. The zero-order valence-electron chi connectivity index (χ0n) is 11.9. The minimum Gasteiger partial charge on any atom is -0.480 e. The van der Waals surface area contributed by atoms with Crippen LogP contribution in [0.1, 0.15) is 38.5 Å². The van der Waals surface area contributed by atoms with Crippen LogP contribution in [0.4, 0.5) is 4.79 Å². The van der Waals surface area contributed by atoms with Crippen LogP contribution in [0, 0.1) is 0 Å². The largest absolute Gasteiger partial charge is 0.480 e. The van der Waals surface area contributed by atoms with E-state index in [4.69, 9.17) is 15.6 Å². The van der Waals surface area contributed by atoms with Gasteiger partial charge < -0.3 is 26.2 Å². The lowest BCUT2D eigenvalue weighted by atomic mass is 9.91. The second kappa shape index (κ2) is 8.76. The predicted molar refractivity (Wildman–Crippen MR) is 74.4 cm³/mol. The van der Waals surface area contributed by atoms with Gasteiger partial charge in [0, 0.05) is 25.8 Å². The number of carbonyl (C=O) groups is 2. The number of carbonyl (C=O) groups excluding carboxylic acids is 1. The van der Waals surface area contributed by atoms with Gasteiger partial charge in [-0.2, -0.15) is 0 Å². The van der Waals surface area contributed by atoms with Crippen molar-refractivity contribution in [1.82, 2.24) is 10.6 Å². The highest BCUT2D eigenvalue weighted by atomic mass is 16.5. The quantitative estimate of drug-likeness (QED) is 0.507. The zero-order valence-corrected chi connectivity index (χ0v) is 11.9. The van der Waals surface area contributed by atoms with E-state index in [1.807, 2.05) is 0 Å². The fourth-order valence-corrected chi connectivity index (χ4v) is 2.40. The molecule has 0 aromatic heterocycles. The van der Waals surface area contributed by atoms with Gasteiger partial charge in [0.25, 0.3) is 0 Å². The van der Waals surface area contributed by atoms with Gasteiger partial charge in [-0.1, -0.05) is 12.8 Å². The van der Waals surface area contributed by atoms with Crippen molar-refractivity contribution in [2.24, 2.45) is 5.73 Å². The van der Waals surface area contributed by atoms with Crippen LogP contribution in [0.25, 0.3) is 0 Å². The molecule has 1 aliphatic rings. The summed E-state index contributed by atoms with van der Waals surface area (Å²) in [6, 6.07) is -1.48. The third kappa shape index (κ3) is 5.75. The maximum atomic E-state index is 11.8. The molecular weight excluding hydrogens is 262 g/mol. The van der Waals surface area contributed by atoms with Gasteiger partial charge in [0.1, 0.15) is 6.04 Å². The number of hydrogen-bond donors (Lipinski definition) is 4. The molecular formula is C13H25N3O4. The Balaban J connectivity index is 2.38. The number of ether oxygens (including phenoxy) is 1. The van der Waals surface area contributed by atoms with Crippen molar-refractivity contribution in [1.29, 1.82) is 0 Å². The highest BCUT2D eigenvalue weighted by Crippen LogP contribution is 2.16. The van der Waals surface area contributed by atoms with E-state index in [1.165, 1.54) is 0 Å². The summed E-state index contributed by atoms with van der Waals surface area (Å²) in [7, 11) is 1.56. The summed E-state index contributed by atoms with van der Waals surface area (Å²) in [5, 5.41) is 14.3. The second-order valence-electron chi connectivity index (χ2n) is 5.20. The zero-order chi connectivity index (χ0) is 15.0. The molecule has 0 aromatic rings. The molecule has 0 saturated heterocycles. The van der Waals surface area contributed by atoms with Gasteiger partial charge in [0.05, 0.1) is 0 Å². The molecule has 7 heteroatoms. The number of amides is 2. The number of nitrogens with two attached hydrogens (primary N) is 1. The Kier molecular flexibility index (Phi) is 7.32. The molecule has 2 amide bonds. The van der Waals surface area contributed by atoms with Crippen LogP contribution in [0.2, 0.25) is 0 Å². The van der Waals surface area contributed by atoms with Crippen molar-refractivity contribution in [3.8, 4) is 0 Å². The molecule has 20 heavy (non-hydrogen) atoms. The van der Waals surface area contributed by atoms with Crippen LogP contribution >= 0.6 is 0 Å².